The van der Waals surface area contributed by atoms with Crippen molar-refractivity contribution in [3.05, 3.63) is 29.8 Å². The summed E-state index contributed by atoms with van der Waals surface area (Å²) < 4.78 is 32.7. The second-order valence-corrected chi connectivity index (χ2v) is 6.42. The lowest BCUT2D eigenvalue weighted by atomic mass is 10.1. The van der Waals surface area contributed by atoms with Gasteiger partial charge in [0.1, 0.15) is 11.5 Å². The minimum absolute atomic E-state index is 0.0957. The molecule has 0 radical (unpaired) electrons. The molecule has 0 saturated heterocycles. The van der Waals surface area contributed by atoms with Crippen LogP contribution in [0.2, 0.25) is 0 Å². The number of hydrogen-bond acceptors (Lipinski definition) is 7. The zero-order chi connectivity index (χ0) is 19.8. The molecule has 1 atom stereocenters. The van der Waals surface area contributed by atoms with Gasteiger partial charge in [-0.15, -0.1) is 0 Å². The number of nitrogens with one attached hydrogen (secondary N) is 2. The molecule has 1 aliphatic rings. The molecular formula is C17H20F2N6O2. The summed E-state index contributed by atoms with van der Waals surface area (Å²) in [5.41, 5.74) is 4.20. The first-order chi connectivity index (χ1) is 12.7. The highest BCUT2D eigenvalue weighted by atomic mass is 19.3. The Balaban J connectivity index is 1.96. The predicted molar refractivity (Wildman–Crippen MR) is 96.0 cm³/mol. The zero-order valence-electron chi connectivity index (χ0n) is 15.4. The lowest BCUT2D eigenvalue weighted by molar-refractivity contribution is -0.114. The van der Waals surface area contributed by atoms with Crippen molar-refractivity contribution in [3.63, 3.8) is 0 Å². The average molecular weight is 378 g/mol. The van der Waals surface area contributed by atoms with Gasteiger partial charge in [0.2, 0.25) is 11.7 Å². The number of anilines is 3. The topological polar surface area (TPSA) is 92.3 Å². The number of hydrogen-bond donors (Lipinski definition) is 2. The van der Waals surface area contributed by atoms with Gasteiger partial charge in [-0.1, -0.05) is 0 Å². The van der Waals surface area contributed by atoms with Crippen molar-refractivity contribution < 1.29 is 18.3 Å². The highest BCUT2D eigenvalue weighted by Crippen LogP contribution is 2.32. The summed E-state index contributed by atoms with van der Waals surface area (Å²) in [6.07, 6.45) is 1.93. The van der Waals surface area contributed by atoms with E-state index in [1.807, 2.05) is 6.92 Å². The smallest absolute Gasteiger partial charge is 0.303 e. The van der Waals surface area contributed by atoms with E-state index in [-0.39, 0.29) is 11.9 Å². The van der Waals surface area contributed by atoms with Crippen molar-refractivity contribution in [3.8, 4) is 5.75 Å². The quantitative estimate of drug-likeness (QED) is 0.826. The highest BCUT2D eigenvalue weighted by molar-refractivity contribution is 5.88. The van der Waals surface area contributed by atoms with Crippen molar-refractivity contribution >= 4 is 23.2 Å². The molecule has 1 amide bonds. The van der Waals surface area contributed by atoms with Crippen LogP contribution in [0.3, 0.4) is 0 Å². The van der Waals surface area contributed by atoms with E-state index < -0.39 is 11.7 Å². The fraction of sp³-hybridized carbons (Fsp3) is 0.412. The summed E-state index contributed by atoms with van der Waals surface area (Å²) >= 11 is 0. The number of methoxy groups -OCH3 is 1. The number of carbonyl (C=O) groups is 1. The van der Waals surface area contributed by atoms with E-state index in [1.54, 1.807) is 17.1 Å². The maximum absolute atomic E-state index is 13.7. The first-order valence-electron chi connectivity index (χ1n) is 8.31. The van der Waals surface area contributed by atoms with E-state index in [0.29, 0.717) is 35.2 Å². The molecule has 3 rings (SSSR count). The number of halogens is 2. The standard InChI is InChI=1S/C17H20F2N6O2/c1-9-5-11-6-15(23-16(22-11)17(3,18)19)25(9)24-12-7-14(21-10(2)26)20-8-13(12)27-4/h6-9H,5H2,1-4H3,(H2,20,21,24,26). The maximum atomic E-state index is 13.7. The van der Waals surface area contributed by atoms with Crippen molar-refractivity contribution in [2.45, 2.75) is 39.2 Å². The van der Waals surface area contributed by atoms with Crippen LogP contribution >= 0.6 is 0 Å². The van der Waals surface area contributed by atoms with E-state index in [0.717, 1.165) is 6.92 Å². The van der Waals surface area contributed by atoms with Crippen molar-refractivity contribution in [2.75, 3.05) is 22.9 Å². The van der Waals surface area contributed by atoms with Gasteiger partial charge in [0.05, 0.1) is 19.3 Å². The molecule has 0 aromatic carbocycles. The van der Waals surface area contributed by atoms with E-state index in [2.05, 4.69) is 25.7 Å². The zero-order valence-corrected chi connectivity index (χ0v) is 15.4. The van der Waals surface area contributed by atoms with Crippen molar-refractivity contribution in [2.24, 2.45) is 0 Å². The fourth-order valence-corrected chi connectivity index (χ4v) is 2.77. The number of aromatic nitrogens is 3. The first-order valence-corrected chi connectivity index (χ1v) is 8.31. The molecule has 3 heterocycles. The monoisotopic (exact) mass is 378 g/mol. The van der Waals surface area contributed by atoms with E-state index >= 15 is 0 Å². The molecule has 2 aromatic heterocycles. The maximum Gasteiger partial charge on any atom is 0.303 e. The van der Waals surface area contributed by atoms with Gasteiger partial charge in [-0.05, 0) is 6.92 Å². The molecule has 2 aromatic rings. The predicted octanol–water partition coefficient (Wildman–Crippen LogP) is 2.73. The number of nitrogens with zero attached hydrogens (tertiary/aromatic N) is 4. The number of hydrazine groups is 1. The summed E-state index contributed by atoms with van der Waals surface area (Å²) in [4.78, 5) is 23.3. The molecule has 27 heavy (non-hydrogen) atoms. The molecule has 2 N–H and O–H groups in total. The first kappa shape index (κ1) is 18.7. The van der Waals surface area contributed by atoms with Crippen LogP contribution in [0.1, 0.15) is 32.3 Å². The third-order valence-electron chi connectivity index (χ3n) is 3.98. The minimum Gasteiger partial charge on any atom is -0.493 e. The van der Waals surface area contributed by atoms with E-state index in [1.165, 1.54) is 20.2 Å². The largest absolute Gasteiger partial charge is 0.493 e. The molecule has 8 nitrogen and oxygen atoms in total. The summed E-state index contributed by atoms with van der Waals surface area (Å²) in [5.74, 6) is -2.83. The van der Waals surface area contributed by atoms with E-state index in [9.17, 15) is 13.6 Å². The van der Waals surface area contributed by atoms with Gasteiger partial charge < -0.3 is 10.1 Å². The SMILES string of the molecule is COc1cnc(NC(C)=O)cc1NN1c2cc(nc(C(C)(F)F)n2)CC1C. The molecular weight excluding hydrogens is 358 g/mol. The van der Waals surface area contributed by atoms with Crippen LogP contribution in [-0.4, -0.2) is 34.0 Å². The third kappa shape index (κ3) is 4.04. The molecule has 10 heteroatoms. The number of rotatable bonds is 5. The summed E-state index contributed by atoms with van der Waals surface area (Å²) in [6.45, 7) is 4.06. The molecule has 0 saturated carbocycles. The van der Waals surface area contributed by atoms with Gasteiger partial charge in [0.15, 0.2) is 11.6 Å². The normalized spacial score (nSPS) is 16.1. The van der Waals surface area contributed by atoms with Crippen molar-refractivity contribution in [1.82, 2.24) is 15.0 Å². The van der Waals surface area contributed by atoms with Crippen LogP contribution in [0.4, 0.5) is 26.1 Å². The molecule has 2 bridgehead atoms. The minimum atomic E-state index is -3.13. The molecule has 0 fully saturated rings. The Bertz CT molecular complexity index is 871. The van der Waals surface area contributed by atoms with Gasteiger partial charge in [-0.25, -0.2) is 15.0 Å². The molecule has 1 aliphatic heterocycles. The van der Waals surface area contributed by atoms with Crippen LogP contribution in [0.5, 0.6) is 5.75 Å². The molecule has 0 aliphatic carbocycles. The van der Waals surface area contributed by atoms with Gasteiger partial charge in [-0.2, -0.15) is 8.78 Å². The fourth-order valence-electron chi connectivity index (χ4n) is 2.77. The van der Waals surface area contributed by atoms with Gasteiger partial charge in [0, 0.05) is 38.1 Å². The summed E-state index contributed by atoms with van der Waals surface area (Å²) in [5, 5.41) is 4.26. The van der Waals surface area contributed by atoms with Crippen LogP contribution < -0.4 is 20.5 Å². The van der Waals surface area contributed by atoms with Crippen LogP contribution in [0, 0.1) is 0 Å². The van der Waals surface area contributed by atoms with Crippen LogP contribution in [0.15, 0.2) is 18.3 Å². The highest BCUT2D eigenvalue weighted by Gasteiger charge is 2.33. The Morgan fingerprint density at radius 2 is 2.11 bits per heavy atom. The lowest BCUT2D eigenvalue weighted by Crippen LogP contribution is -2.43. The van der Waals surface area contributed by atoms with Crippen LogP contribution in [0.25, 0.3) is 0 Å². The average Bonchev–Trinajstić information content (AvgIpc) is 2.57. The van der Waals surface area contributed by atoms with Crippen molar-refractivity contribution in [1.29, 1.82) is 0 Å². The molecule has 0 spiro atoms. The number of alkyl halides is 2. The number of fused-ring (bicyclic) bond motifs is 2. The Hall–Kier alpha value is -3.04. The number of amides is 1. The Morgan fingerprint density at radius 3 is 2.74 bits per heavy atom. The third-order valence-corrected chi connectivity index (χ3v) is 3.98. The molecule has 144 valence electrons. The summed E-state index contributed by atoms with van der Waals surface area (Å²) in [7, 11) is 1.48. The number of carbonyl (C=O) groups excluding carboxylic acids is 1. The Labute approximate surface area is 154 Å². The number of ether oxygens (including phenoxy) is 1. The summed E-state index contributed by atoms with van der Waals surface area (Å²) in [6, 6.07) is 3.16. The Morgan fingerprint density at radius 1 is 1.37 bits per heavy atom. The van der Waals surface area contributed by atoms with Gasteiger partial charge in [-0.3, -0.25) is 15.2 Å². The number of pyridine rings is 1. The molecule has 1 unspecified atom stereocenters. The van der Waals surface area contributed by atoms with Gasteiger partial charge in [0.25, 0.3) is 0 Å². The van der Waals surface area contributed by atoms with Crippen LogP contribution in [-0.2, 0) is 17.1 Å². The second kappa shape index (κ2) is 6.93. The Kier molecular flexibility index (Phi) is 4.81. The second-order valence-electron chi connectivity index (χ2n) is 6.42. The van der Waals surface area contributed by atoms with Gasteiger partial charge >= 0.3 is 5.92 Å². The lowest BCUT2D eigenvalue weighted by Gasteiger charge is -2.35. The van der Waals surface area contributed by atoms with E-state index in [4.69, 9.17) is 4.74 Å².